The van der Waals surface area contributed by atoms with Gasteiger partial charge in [-0.25, -0.2) is 0 Å². The first-order chi connectivity index (χ1) is 6.18. The first-order valence-electron chi connectivity index (χ1n) is 4.85. The molecule has 0 heterocycles. The van der Waals surface area contributed by atoms with Gasteiger partial charge in [-0.05, 0) is 37.7 Å². The maximum atomic E-state index is 11.1. The van der Waals surface area contributed by atoms with Crippen molar-refractivity contribution in [2.45, 2.75) is 32.2 Å². The van der Waals surface area contributed by atoms with Gasteiger partial charge in [-0.3, -0.25) is 4.79 Å². The van der Waals surface area contributed by atoms with Gasteiger partial charge < -0.3 is 5.73 Å². The summed E-state index contributed by atoms with van der Waals surface area (Å²) < 4.78 is 0. The molecule has 1 saturated carbocycles. The number of Topliss-reactive ketones (excluding diaryl/α,β-unsaturated/α-hetero) is 1. The highest BCUT2D eigenvalue weighted by Gasteiger charge is 2.30. The molecular formula is C11H15NO. The van der Waals surface area contributed by atoms with E-state index in [2.05, 4.69) is 6.08 Å². The van der Waals surface area contributed by atoms with Crippen molar-refractivity contribution in [3.8, 4) is 0 Å². The SMILES string of the molecule is CC(=O)C1=CC=C2C(N)CC[C@@H]2C1. The Labute approximate surface area is 78.5 Å². The van der Waals surface area contributed by atoms with Crippen molar-refractivity contribution in [2.75, 3.05) is 0 Å². The fourth-order valence-corrected chi connectivity index (χ4v) is 2.29. The van der Waals surface area contributed by atoms with Gasteiger partial charge in [0.2, 0.25) is 0 Å². The highest BCUT2D eigenvalue weighted by Crippen LogP contribution is 2.37. The molecule has 1 unspecified atom stereocenters. The van der Waals surface area contributed by atoms with Crippen molar-refractivity contribution in [3.05, 3.63) is 23.3 Å². The third kappa shape index (κ3) is 1.46. The molecule has 0 spiro atoms. The molecule has 0 radical (unpaired) electrons. The first-order valence-corrected chi connectivity index (χ1v) is 4.85. The molecule has 2 aliphatic carbocycles. The summed E-state index contributed by atoms with van der Waals surface area (Å²) >= 11 is 0. The van der Waals surface area contributed by atoms with Gasteiger partial charge in [0, 0.05) is 6.04 Å². The van der Waals surface area contributed by atoms with Gasteiger partial charge in [-0.2, -0.15) is 0 Å². The number of allylic oxidation sites excluding steroid dienone is 3. The van der Waals surface area contributed by atoms with Crippen LogP contribution in [0.3, 0.4) is 0 Å². The largest absolute Gasteiger partial charge is 0.324 e. The second-order valence-electron chi connectivity index (χ2n) is 4.00. The number of rotatable bonds is 1. The van der Waals surface area contributed by atoms with Crippen LogP contribution in [0.4, 0.5) is 0 Å². The van der Waals surface area contributed by atoms with Crippen molar-refractivity contribution < 1.29 is 4.79 Å². The van der Waals surface area contributed by atoms with E-state index in [1.807, 2.05) is 6.08 Å². The molecule has 0 bridgehead atoms. The Kier molecular flexibility index (Phi) is 2.08. The monoisotopic (exact) mass is 177 g/mol. The van der Waals surface area contributed by atoms with Crippen molar-refractivity contribution in [3.63, 3.8) is 0 Å². The Balaban J connectivity index is 2.23. The number of ketones is 1. The lowest BCUT2D eigenvalue weighted by Crippen LogP contribution is -2.20. The zero-order valence-corrected chi connectivity index (χ0v) is 7.92. The van der Waals surface area contributed by atoms with Crippen LogP contribution in [0.1, 0.15) is 26.2 Å². The summed E-state index contributed by atoms with van der Waals surface area (Å²) in [6.07, 6.45) is 7.14. The molecule has 13 heavy (non-hydrogen) atoms. The molecule has 2 aliphatic rings. The molecule has 2 rings (SSSR count). The second-order valence-corrected chi connectivity index (χ2v) is 4.00. The molecule has 0 amide bonds. The average Bonchev–Trinajstić information content (AvgIpc) is 2.47. The molecule has 2 N–H and O–H groups in total. The summed E-state index contributed by atoms with van der Waals surface area (Å²) in [7, 11) is 0. The number of nitrogens with two attached hydrogens (primary N) is 1. The standard InChI is InChI=1S/C11H15NO/c1-7(13)8-2-4-10-9(6-8)3-5-11(10)12/h2,4,9,11H,3,5-6,12H2,1H3/t9-,11?/m1/s1. The van der Waals surface area contributed by atoms with Gasteiger partial charge in [0.05, 0.1) is 0 Å². The Morgan fingerprint density at radius 2 is 2.23 bits per heavy atom. The quantitative estimate of drug-likeness (QED) is 0.660. The Bertz CT molecular complexity index is 301. The maximum Gasteiger partial charge on any atom is 0.155 e. The number of carbonyl (C=O) groups is 1. The average molecular weight is 177 g/mol. The Hall–Kier alpha value is -0.890. The molecule has 0 aliphatic heterocycles. The van der Waals surface area contributed by atoms with Crippen LogP contribution < -0.4 is 5.73 Å². The summed E-state index contributed by atoms with van der Waals surface area (Å²) in [6.45, 7) is 1.64. The highest BCUT2D eigenvalue weighted by atomic mass is 16.1. The smallest absolute Gasteiger partial charge is 0.155 e. The van der Waals surface area contributed by atoms with Crippen LogP contribution in [0.15, 0.2) is 23.3 Å². The predicted octanol–water partition coefficient (Wildman–Crippen LogP) is 1.57. The second kappa shape index (κ2) is 3.11. The Morgan fingerprint density at radius 3 is 2.92 bits per heavy atom. The topological polar surface area (TPSA) is 43.1 Å². The third-order valence-electron chi connectivity index (χ3n) is 3.12. The van der Waals surface area contributed by atoms with E-state index in [1.165, 1.54) is 5.57 Å². The minimum atomic E-state index is 0.204. The van der Waals surface area contributed by atoms with Gasteiger partial charge in [0.1, 0.15) is 0 Å². The first kappa shape index (κ1) is 8.70. The number of hydrogen-bond acceptors (Lipinski definition) is 2. The lowest BCUT2D eigenvalue weighted by atomic mass is 9.87. The van der Waals surface area contributed by atoms with Crippen LogP contribution in [0.25, 0.3) is 0 Å². The number of carbonyl (C=O) groups excluding carboxylic acids is 1. The van der Waals surface area contributed by atoms with E-state index in [-0.39, 0.29) is 11.8 Å². The zero-order valence-electron chi connectivity index (χ0n) is 7.92. The van der Waals surface area contributed by atoms with E-state index in [4.69, 9.17) is 5.73 Å². The van der Waals surface area contributed by atoms with Crippen molar-refractivity contribution in [2.24, 2.45) is 11.7 Å². The Morgan fingerprint density at radius 1 is 1.46 bits per heavy atom. The third-order valence-corrected chi connectivity index (χ3v) is 3.12. The molecule has 0 aromatic heterocycles. The summed E-state index contributed by atoms with van der Waals surface area (Å²) in [6, 6.07) is 0.245. The van der Waals surface area contributed by atoms with Gasteiger partial charge in [-0.15, -0.1) is 0 Å². The summed E-state index contributed by atoms with van der Waals surface area (Å²) in [5, 5.41) is 0. The van der Waals surface area contributed by atoms with Gasteiger partial charge in [0.15, 0.2) is 5.78 Å². The predicted molar refractivity (Wildman–Crippen MR) is 52.2 cm³/mol. The fourth-order valence-electron chi connectivity index (χ4n) is 2.29. The van der Waals surface area contributed by atoms with Crippen LogP contribution in [-0.2, 0) is 4.79 Å². The van der Waals surface area contributed by atoms with Crippen molar-refractivity contribution in [1.29, 1.82) is 0 Å². The minimum Gasteiger partial charge on any atom is -0.324 e. The molecule has 2 atom stereocenters. The van der Waals surface area contributed by atoms with Crippen LogP contribution in [-0.4, -0.2) is 11.8 Å². The van der Waals surface area contributed by atoms with Crippen molar-refractivity contribution >= 4 is 5.78 Å². The molecular weight excluding hydrogens is 162 g/mol. The van der Waals surface area contributed by atoms with Gasteiger partial charge >= 0.3 is 0 Å². The van der Waals surface area contributed by atoms with Crippen LogP contribution >= 0.6 is 0 Å². The van der Waals surface area contributed by atoms with E-state index in [0.717, 1.165) is 24.8 Å². The van der Waals surface area contributed by atoms with Crippen LogP contribution in [0, 0.1) is 5.92 Å². The lowest BCUT2D eigenvalue weighted by molar-refractivity contribution is -0.113. The van der Waals surface area contributed by atoms with E-state index < -0.39 is 0 Å². The van der Waals surface area contributed by atoms with E-state index in [1.54, 1.807) is 6.92 Å². The molecule has 2 heteroatoms. The molecule has 0 aromatic carbocycles. The zero-order chi connectivity index (χ0) is 9.42. The molecule has 0 aromatic rings. The van der Waals surface area contributed by atoms with Crippen molar-refractivity contribution in [1.82, 2.24) is 0 Å². The van der Waals surface area contributed by atoms with Gasteiger partial charge in [0.25, 0.3) is 0 Å². The fraction of sp³-hybridized carbons (Fsp3) is 0.545. The van der Waals surface area contributed by atoms with Crippen LogP contribution in [0.2, 0.25) is 0 Å². The molecule has 2 nitrogen and oxygen atoms in total. The van der Waals surface area contributed by atoms with E-state index >= 15 is 0 Å². The lowest BCUT2D eigenvalue weighted by Gasteiger charge is -2.18. The van der Waals surface area contributed by atoms with E-state index in [0.29, 0.717) is 5.92 Å². The van der Waals surface area contributed by atoms with Gasteiger partial charge in [-0.1, -0.05) is 17.7 Å². The molecule has 70 valence electrons. The number of fused-ring (bicyclic) bond motifs is 1. The van der Waals surface area contributed by atoms with Crippen LogP contribution in [0.5, 0.6) is 0 Å². The van der Waals surface area contributed by atoms with E-state index in [9.17, 15) is 4.79 Å². The maximum absolute atomic E-state index is 11.1. The summed E-state index contributed by atoms with van der Waals surface area (Å²) in [5.41, 5.74) is 8.24. The molecule has 1 fully saturated rings. The minimum absolute atomic E-state index is 0.204. The highest BCUT2D eigenvalue weighted by molar-refractivity contribution is 5.93. The summed E-state index contributed by atoms with van der Waals surface area (Å²) in [5.74, 6) is 0.759. The number of hydrogen-bond donors (Lipinski definition) is 1. The normalized spacial score (nSPS) is 32.2. The summed E-state index contributed by atoms with van der Waals surface area (Å²) in [4.78, 5) is 11.1. The molecule has 0 saturated heterocycles.